The smallest absolute Gasteiger partial charge is 0.250 e. The van der Waals surface area contributed by atoms with Gasteiger partial charge in [0.15, 0.2) is 5.82 Å². The number of sulfonamides is 1. The number of nitrogens with zero attached hydrogens (tertiary/aromatic N) is 2. The van der Waals surface area contributed by atoms with Crippen molar-refractivity contribution in [2.45, 2.75) is 17.2 Å². The third kappa shape index (κ3) is 3.83. The van der Waals surface area contributed by atoms with Crippen LogP contribution in [0, 0.1) is 0 Å². The minimum Gasteiger partial charge on any atom is -0.343 e. The Bertz CT molecular complexity index is 607. The van der Waals surface area contributed by atoms with Crippen LogP contribution in [0.2, 0.25) is 0 Å². The molecule has 0 bridgehead atoms. The van der Waals surface area contributed by atoms with Crippen molar-refractivity contribution in [2.75, 3.05) is 13.6 Å². The van der Waals surface area contributed by atoms with E-state index < -0.39 is 10.0 Å². The molecule has 2 rings (SSSR count). The highest BCUT2D eigenvalue weighted by Gasteiger charge is 2.16. The molecule has 0 aromatic carbocycles. The zero-order valence-corrected chi connectivity index (χ0v) is 11.9. The van der Waals surface area contributed by atoms with Crippen LogP contribution >= 0.6 is 11.3 Å². The molecule has 0 radical (unpaired) electrons. The van der Waals surface area contributed by atoms with Gasteiger partial charge in [-0.05, 0) is 24.1 Å². The summed E-state index contributed by atoms with van der Waals surface area (Å²) >= 11 is 1.20. The molecule has 104 valence electrons. The molecule has 2 heterocycles. The molecule has 0 aliphatic carbocycles. The van der Waals surface area contributed by atoms with Crippen LogP contribution in [0.3, 0.4) is 0 Å². The third-order valence-corrected chi connectivity index (χ3v) is 5.27. The summed E-state index contributed by atoms with van der Waals surface area (Å²) in [4.78, 5) is 3.82. The van der Waals surface area contributed by atoms with Gasteiger partial charge in [0.2, 0.25) is 16.4 Å². The molecule has 0 fully saturated rings. The topological polar surface area (TPSA) is 97.1 Å². The van der Waals surface area contributed by atoms with Gasteiger partial charge in [0.1, 0.15) is 4.21 Å². The van der Waals surface area contributed by atoms with Gasteiger partial charge in [-0.3, -0.25) is 0 Å². The number of hydrogen-bond acceptors (Lipinski definition) is 7. The summed E-state index contributed by atoms with van der Waals surface area (Å²) in [6, 6.07) is 1.66. The number of hydrogen-bond donors (Lipinski definition) is 2. The lowest BCUT2D eigenvalue weighted by atomic mass is 10.3. The maximum Gasteiger partial charge on any atom is 0.250 e. The van der Waals surface area contributed by atoms with E-state index in [0.717, 1.165) is 5.56 Å². The van der Waals surface area contributed by atoms with Gasteiger partial charge in [0.25, 0.3) is 0 Å². The highest BCUT2D eigenvalue weighted by molar-refractivity contribution is 7.91. The first-order chi connectivity index (χ1) is 9.12. The van der Waals surface area contributed by atoms with Crippen LogP contribution in [-0.4, -0.2) is 32.2 Å². The fourth-order valence-electron chi connectivity index (χ4n) is 1.46. The molecule has 2 aromatic rings. The Morgan fingerprint density at radius 2 is 2.32 bits per heavy atom. The summed E-state index contributed by atoms with van der Waals surface area (Å²) in [6.07, 6.45) is 1.61. The monoisotopic (exact) mass is 302 g/mol. The molecular formula is C10H14N4O3S2. The van der Waals surface area contributed by atoms with Crippen molar-refractivity contribution in [1.82, 2.24) is 20.2 Å². The summed E-state index contributed by atoms with van der Waals surface area (Å²) < 4.78 is 31.4. The second-order valence-electron chi connectivity index (χ2n) is 3.80. The molecule has 0 aliphatic rings. The zero-order chi connectivity index (χ0) is 13.7. The van der Waals surface area contributed by atoms with Crippen LogP contribution in [0.15, 0.2) is 26.6 Å². The molecule has 2 aromatic heterocycles. The van der Waals surface area contributed by atoms with Crippen molar-refractivity contribution in [3.63, 3.8) is 0 Å². The number of aromatic nitrogens is 2. The van der Waals surface area contributed by atoms with Crippen molar-refractivity contribution >= 4 is 21.4 Å². The lowest BCUT2D eigenvalue weighted by Gasteiger charge is -2.02. The largest absolute Gasteiger partial charge is 0.343 e. The van der Waals surface area contributed by atoms with Gasteiger partial charge in [0.05, 0.1) is 0 Å². The molecule has 0 amide bonds. The molecule has 0 saturated carbocycles. The van der Waals surface area contributed by atoms with Crippen molar-refractivity contribution in [1.29, 1.82) is 0 Å². The predicted octanol–water partition coefficient (Wildman–Crippen LogP) is 0.371. The van der Waals surface area contributed by atoms with E-state index in [1.165, 1.54) is 17.7 Å². The average Bonchev–Trinajstić information content (AvgIpc) is 3.00. The van der Waals surface area contributed by atoms with E-state index in [9.17, 15) is 8.42 Å². The van der Waals surface area contributed by atoms with E-state index in [-0.39, 0.29) is 6.54 Å². The summed E-state index contributed by atoms with van der Waals surface area (Å²) in [6.45, 7) is 0.885. The second-order valence-corrected chi connectivity index (χ2v) is 6.70. The van der Waals surface area contributed by atoms with Crippen LogP contribution < -0.4 is 10.0 Å². The first-order valence-corrected chi connectivity index (χ1v) is 7.95. The standard InChI is InChI=1S/C10H14N4O3S2/c1-11-5-8-4-10(18-6-8)19(15,16)13-3-2-9-12-7-17-14-9/h4,6-7,11,13H,2-3,5H2,1H3. The Hall–Kier alpha value is -1.29. The van der Waals surface area contributed by atoms with E-state index in [1.807, 2.05) is 12.4 Å². The number of thiophene rings is 1. The van der Waals surface area contributed by atoms with Crippen LogP contribution in [0.4, 0.5) is 0 Å². The highest BCUT2D eigenvalue weighted by Crippen LogP contribution is 2.19. The van der Waals surface area contributed by atoms with Crippen molar-refractivity contribution in [3.05, 3.63) is 29.2 Å². The maximum absolute atomic E-state index is 12.0. The zero-order valence-electron chi connectivity index (χ0n) is 10.3. The molecule has 19 heavy (non-hydrogen) atoms. The Morgan fingerprint density at radius 1 is 1.47 bits per heavy atom. The van der Waals surface area contributed by atoms with Gasteiger partial charge in [0, 0.05) is 19.5 Å². The van der Waals surface area contributed by atoms with E-state index >= 15 is 0 Å². The van der Waals surface area contributed by atoms with Gasteiger partial charge >= 0.3 is 0 Å². The second kappa shape index (κ2) is 6.24. The van der Waals surface area contributed by atoms with Gasteiger partial charge in [-0.15, -0.1) is 11.3 Å². The van der Waals surface area contributed by atoms with Crippen LogP contribution in [0.5, 0.6) is 0 Å². The summed E-state index contributed by atoms with van der Waals surface area (Å²) in [5.74, 6) is 0.477. The third-order valence-electron chi connectivity index (χ3n) is 2.32. The van der Waals surface area contributed by atoms with Crippen LogP contribution in [-0.2, 0) is 23.0 Å². The minimum absolute atomic E-state index is 0.237. The quantitative estimate of drug-likeness (QED) is 0.767. The van der Waals surface area contributed by atoms with Gasteiger partial charge in [-0.2, -0.15) is 4.98 Å². The molecule has 0 spiro atoms. The molecule has 7 nitrogen and oxygen atoms in total. The maximum atomic E-state index is 12.0. The summed E-state index contributed by atoms with van der Waals surface area (Å²) in [5.41, 5.74) is 0.950. The van der Waals surface area contributed by atoms with Crippen LogP contribution in [0.1, 0.15) is 11.4 Å². The summed E-state index contributed by atoms with van der Waals surface area (Å²) in [7, 11) is -1.64. The van der Waals surface area contributed by atoms with Gasteiger partial charge in [-0.25, -0.2) is 13.1 Å². The Morgan fingerprint density at radius 3 is 3.00 bits per heavy atom. The fraction of sp³-hybridized carbons (Fsp3) is 0.400. The molecule has 2 N–H and O–H groups in total. The molecule has 0 atom stereocenters. The lowest BCUT2D eigenvalue weighted by molar-refractivity contribution is 0.410. The lowest BCUT2D eigenvalue weighted by Crippen LogP contribution is -2.25. The molecule has 9 heteroatoms. The Kier molecular flexibility index (Phi) is 4.64. The van der Waals surface area contributed by atoms with E-state index in [0.29, 0.717) is 23.0 Å². The van der Waals surface area contributed by atoms with Crippen molar-refractivity contribution in [2.24, 2.45) is 0 Å². The molecule has 0 saturated heterocycles. The van der Waals surface area contributed by atoms with Gasteiger partial charge in [-0.1, -0.05) is 5.16 Å². The predicted molar refractivity (Wildman–Crippen MR) is 70.3 cm³/mol. The molecule has 0 unspecified atom stereocenters. The minimum atomic E-state index is -3.46. The summed E-state index contributed by atoms with van der Waals surface area (Å²) in [5, 5.41) is 8.41. The Balaban J connectivity index is 1.93. The average molecular weight is 302 g/mol. The first-order valence-electron chi connectivity index (χ1n) is 5.59. The first kappa shape index (κ1) is 14.1. The van der Waals surface area contributed by atoms with Crippen molar-refractivity contribution < 1.29 is 12.9 Å². The normalized spacial score (nSPS) is 11.8. The fourth-order valence-corrected chi connectivity index (χ4v) is 3.75. The number of nitrogens with one attached hydrogen (secondary N) is 2. The van der Waals surface area contributed by atoms with E-state index in [4.69, 9.17) is 0 Å². The van der Waals surface area contributed by atoms with E-state index in [2.05, 4.69) is 24.7 Å². The van der Waals surface area contributed by atoms with Gasteiger partial charge < -0.3 is 9.84 Å². The van der Waals surface area contributed by atoms with E-state index in [1.54, 1.807) is 6.07 Å². The SMILES string of the molecule is CNCc1csc(S(=O)(=O)NCCc2ncon2)c1. The van der Waals surface area contributed by atoms with Crippen molar-refractivity contribution in [3.8, 4) is 0 Å². The highest BCUT2D eigenvalue weighted by atomic mass is 32.2. The number of rotatable bonds is 7. The molecular weight excluding hydrogens is 288 g/mol. The molecule has 0 aliphatic heterocycles. The van der Waals surface area contributed by atoms with Crippen LogP contribution in [0.25, 0.3) is 0 Å². The Labute approximate surface area is 115 Å².